The van der Waals surface area contributed by atoms with Gasteiger partial charge >= 0.3 is 0 Å². The van der Waals surface area contributed by atoms with Gasteiger partial charge in [-0.25, -0.2) is 0 Å². The Morgan fingerprint density at radius 3 is 1.94 bits per heavy atom. The first kappa shape index (κ1) is 12.1. The van der Waals surface area contributed by atoms with E-state index < -0.39 is 0 Å². The van der Waals surface area contributed by atoms with E-state index in [-0.39, 0.29) is 0 Å². The highest BCUT2D eigenvalue weighted by Gasteiger charge is 2.15. The summed E-state index contributed by atoms with van der Waals surface area (Å²) < 4.78 is 10.8. The van der Waals surface area contributed by atoms with Crippen LogP contribution in [-0.2, 0) is 0 Å². The predicted molar refractivity (Wildman–Crippen MR) is 70.3 cm³/mol. The lowest BCUT2D eigenvalue weighted by atomic mass is 10.1. The number of methoxy groups -OCH3 is 2. The number of ether oxygens (including phenoxy) is 2. The van der Waals surface area contributed by atoms with Gasteiger partial charge < -0.3 is 14.4 Å². The zero-order chi connectivity index (χ0) is 12.3. The first-order valence-corrected chi connectivity index (χ1v) is 6.24. The van der Waals surface area contributed by atoms with E-state index in [1.54, 1.807) is 14.2 Å². The van der Waals surface area contributed by atoms with Gasteiger partial charge in [0.15, 0.2) is 0 Å². The molecule has 1 heterocycles. The first-order valence-electron chi connectivity index (χ1n) is 6.24. The van der Waals surface area contributed by atoms with Crippen molar-refractivity contribution in [2.75, 3.05) is 32.2 Å². The number of nitrogens with zero attached hydrogens (tertiary/aromatic N) is 1. The molecule has 0 bridgehead atoms. The van der Waals surface area contributed by atoms with Gasteiger partial charge in [0.2, 0.25) is 0 Å². The van der Waals surface area contributed by atoms with Gasteiger partial charge in [-0.15, -0.1) is 0 Å². The molecule has 2 rings (SSSR count). The fourth-order valence-electron chi connectivity index (χ4n) is 2.41. The van der Waals surface area contributed by atoms with Gasteiger partial charge in [-0.2, -0.15) is 0 Å². The van der Waals surface area contributed by atoms with Crippen molar-refractivity contribution in [1.29, 1.82) is 0 Å². The van der Waals surface area contributed by atoms with Crippen molar-refractivity contribution < 1.29 is 9.47 Å². The Kier molecular flexibility index (Phi) is 3.77. The number of benzene rings is 1. The Hall–Kier alpha value is -1.38. The van der Waals surface area contributed by atoms with Crippen LogP contribution in [0.4, 0.5) is 5.69 Å². The van der Waals surface area contributed by atoms with E-state index in [1.165, 1.54) is 24.9 Å². The highest BCUT2D eigenvalue weighted by molar-refractivity contribution is 5.59. The minimum Gasteiger partial charge on any atom is -0.496 e. The smallest absolute Gasteiger partial charge is 0.127 e. The molecule has 3 nitrogen and oxygen atoms in total. The molecular weight excluding hydrogens is 214 g/mol. The quantitative estimate of drug-likeness (QED) is 0.804. The molecule has 0 aromatic heterocycles. The minimum absolute atomic E-state index is 0.907. The number of hydrogen-bond donors (Lipinski definition) is 0. The van der Waals surface area contributed by atoms with Crippen LogP contribution in [0.5, 0.6) is 11.5 Å². The van der Waals surface area contributed by atoms with Gasteiger partial charge in [0.05, 0.1) is 14.2 Å². The van der Waals surface area contributed by atoms with Crippen LogP contribution in [0.15, 0.2) is 12.1 Å². The molecule has 17 heavy (non-hydrogen) atoms. The van der Waals surface area contributed by atoms with Crippen LogP contribution in [0.1, 0.15) is 24.8 Å². The standard InChI is InChI=1S/C14H21NO2/c1-11-13(16-2)9-12(10-14(11)17-3)15-7-5-4-6-8-15/h9-10H,4-8H2,1-3H3. The average molecular weight is 235 g/mol. The Morgan fingerprint density at radius 1 is 0.941 bits per heavy atom. The van der Waals surface area contributed by atoms with Crippen molar-refractivity contribution in [3.05, 3.63) is 17.7 Å². The van der Waals surface area contributed by atoms with Gasteiger partial charge in [0, 0.05) is 36.5 Å². The van der Waals surface area contributed by atoms with E-state index in [0.717, 1.165) is 30.2 Å². The fraction of sp³-hybridized carbons (Fsp3) is 0.571. The van der Waals surface area contributed by atoms with Gasteiger partial charge in [-0.05, 0) is 26.2 Å². The van der Waals surface area contributed by atoms with Crippen molar-refractivity contribution in [1.82, 2.24) is 0 Å². The molecule has 3 heteroatoms. The summed E-state index contributed by atoms with van der Waals surface area (Å²) in [6.07, 6.45) is 3.90. The lowest BCUT2D eigenvalue weighted by molar-refractivity contribution is 0.388. The number of piperidine rings is 1. The largest absolute Gasteiger partial charge is 0.496 e. The van der Waals surface area contributed by atoms with Gasteiger partial charge in [0.25, 0.3) is 0 Å². The highest BCUT2D eigenvalue weighted by atomic mass is 16.5. The summed E-state index contributed by atoms with van der Waals surface area (Å²) in [5.74, 6) is 1.81. The van der Waals surface area contributed by atoms with E-state index in [0.29, 0.717) is 0 Å². The molecule has 0 atom stereocenters. The zero-order valence-electron chi connectivity index (χ0n) is 11.0. The van der Waals surface area contributed by atoms with Crippen LogP contribution in [0.3, 0.4) is 0 Å². The summed E-state index contributed by atoms with van der Waals surface area (Å²) >= 11 is 0. The van der Waals surface area contributed by atoms with E-state index in [9.17, 15) is 0 Å². The van der Waals surface area contributed by atoms with Crippen LogP contribution in [0, 0.1) is 6.92 Å². The minimum atomic E-state index is 0.907. The fourth-order valence-corrected chi connectivity index (χ4v) is 2.41. The van der Waals surface area contributed by atoms with Crippen molar-refractivity contribution >= 4 is 5.69 Å². The monoisotopic (exact) mass is 235 g/mol. The third-order valence-electron chi connectivity index (χ3n) is 3.46. The molecule has 0 N–H and O–H groups in total. The Bertz CT molecular complexity index is 359. The van der Waals surface area contributed by atoms with Gasteiger partial charge in [0.1, 0.15) is 11.5 Å². The van der Waals surface area contributed by atoms with Crippen molar-refractivity contribution in [2.45, 2.75) is 26.2 Å². The molecule has 1 aromatic rings. The summed E-state index contributed by atoms with van der Waals surface area (Å²) in [4.78, 5) is 2.41. The second-order valence-electron chi connectivity index (χ2n) is 4.52. The molecule has 1 fully saturated rings. The summed E-state index contributed by atoms with van der Waals surface area (Å²) in [6.45, 7) is 4.29. The lowest BCUT2D eigenvalue weighted by Crippen LogP contribution is -2.29. The van der Waals surface area contributed by atoms with Crippen LogP contribution < -0.4 is 14.4 Å². The average Bonchev–Trinajstić information content (AvgIpc) is 2.40. The SMILES string of the molecule is COc1cc(N2CCCCC2)cc(OC)c1C. The Labute approximate surface area is 103 Å². The molecule has 1 saturated heterocycles. The van der Waals surface area contributed by atoms with Crippen molar-refractivity contribution in [3.63, 3.8) is 0 Å². The summed E-state index contributed by atoms with van der Waals surface area (Å²) in [7, 11) is 3.42. The number of hydrogen-bond acceptors (Lipinski definition) is 3. The summed E-state index contributed by atoms with van der Waals surface area (Å²) in [5.41, 5.74) is 2.28. The number of rotatable bonds is 3. The number of anilines is 1. The first-order chi connectivity index (χ1) is 8.26. The molecule has 0 radical (unpaired) electrons. The predicted octanol–water partition coefficient (Wildman–Crippen LogP) is 3.00. The van der Waals surface area contributed by atoms with Crippen molar-refractivity contribution in [3.8, 4) is 11.5 Å². The normalized spacial score (nSPS) is 15.8. The van der Waals surface area contributed by atoms with Crippen molar-refractivity contribution in [2.24, 2.45) is 0 Å². The molecule has 1 aliphatic heterocycles. The molecule has 1 aliphatic rings. The van der Waals surface area contributed by atoms with Crippen LogP contribution in [-0.4, -0.2) is 27.3 Å². The maximum atomic E-state index is 5.41. The van der Waals surface area contributed by atoms with Gasteiger partial charge in [-0.1, -0.05) is 0 Å². The lowest BCUT2D eigenvalue weighted by Gasteiger charge is -2.29. The van der Waals surface area contributed by atoms with E-state index >= 15 is 0 Å². The Balaban J connectivity index is 2.33. The van der Waals surface area contributed by atoms with Gasteiger partial charge in [-0.3, -0.25) is 0 Å². The molecule has 0 amide bonds. The second kappa shape index (κ2) is 5.30. The summed E-state index contributed by atoms with van der Waals surface area (Å²) in [5, 5.41) is 0. The molecular formula is C14H21NO2. The third-order valence-corrected chi connectivity index (χ3v) is 3.46. The van der Waals surface area contributed by atoms with E-state index in [2.05, 4.69) is 17.0 Å². The van der Waals surface area contributed by atoms with Crippen LogP contribution in [0.2, 0.25) is 0 Å². The molecule has 1 aromatic carbocycles. The summed E-state index contributed by atoms with van der Waals surface area (Å²) in [6, 6.07) is 4.23. The Morgan fingerprint density at radius 2 is 1.47 bits per heavy atom. The van der Waals surface area contributed by atoms with Crippen LogP contribution >= 0.6 is 0 Å². The molecule has 94 valence electrons. The highest BCUT2D eigenvalue weighted by Crippen LogP contribution is 2.34. The molecule has 0 unspecified atom stereocenters. The molecule has 0 spiro atoms. The zero-order valence-corrected chi connectivity index (χ0v) is 11.0. The van der Waals surface area contributed by atoms with Crippen LogP contribution in [0.25, 0.3) is 0 Å². The maximum Gasteiger partial charge on any atom is 0.127 e. The second-order valence-corrected chi connectivity index (χ2v) is 4.52. The molecule has 0 saturated carbocycles. The third kappa shape index (κ3) is 2.48. The molecule has 0 aliphatic carbocycles. The van der Waals surface area contributed by atoms with E-state index in [4.69, 9.17) is 9.47 Å². The maximum absolute atomic E-state index is 5.41. The topological polar surface area (TPSA) is 21.7 Å². The van der Waals surface area contributed by atoms with E-state index in [1.807, 2.05) is 6.92 Å².